The average molecular weight is 1360 g/mol. The van der Waals surface area contributed by atoms with Crippen LogP contribution in [0, 0.1) is 0 Å². The number of nitrogens with zero attached hydrogens (tertiary/aromatic N) is 7. The molecule has 5 rings (SSSR count). The van der Waals surface area contributed by atoms with Crippen LogP contribution in [0.2, 0.25) is 0 Å². The number of quaternary nitrogens is 2. The maximum Gasteiger partial charge on any atom is 1.00 e. The third kappa shape index (κ3) is 26.6. The number of rotatable bonds is 37. The number of halogens is 1. The molecule has 0 radical (unpaired) electrons. The smallest absolute Gasteiger partial charge is 1.00 e. The Bertz CT molecular complexity index is 2610. The summed E-state index contributed by atoms with van der Waals surface area (Å²) in [6.45, 7) is 20.7. The van der Waals surface area contributed by atoms with Crippen molar-refractivity contribution in [1.82, 2.24) is 15.5 Å². The van der Waals surface area contributed by atoms with Gasteiger partial charge in [-0.25, -0.2) is 18.4 Å². The Morgan fingerprint density at radius 1 is 0.843 bits per heavy atom. The van der Waals surface area contributed by atoms with Gasteiger partial charge in [-0.2, -0.15) is 8.91 Å². The second kappa shape index (κ2) is 39.7. The standard InChI is InChI=1S/C60H95N9O9S2.HI.2K/c1-59(2)51-46-49(79-78-77-72)28-30-53(51)66(37-17-12-14-26-57(70)63-34-21-36-65(5)6)55(59)24-20-25-56-60(3,4)52-47-50(80(73,74)75)29-31-54(52)67(56)38-18-13-15-27-58(71)64-35-23-40-68(7,8)39-19-11-10-16-32-61-48-62-33-22-41-69(9)42-44-76-45-43-69;;;/h20,24-25,28-31,46-47H,10-19,21-23,26-27,32-45H2,1-9H3,(H-3,63,64,70,71,72,73,74,75);1H;;/q;;2*+1. The van der Waals surface area contributed by atoms with Crippen LogP contribution in [0.5, 0.6) is 0 Å². The van der Waals surface area contributed by atoms with E-state index in [9.17, 15) is 27.8 Å². The van der Waals surface area contributed by atoms with Crippen molar-refractivity contribution in [1.29, 1.82) is 0 Å². The molecule has 18 nitrogen and oxygen atoms in total. The molecule has 0 aromatic heterocycles. The molecule has 0 unspecified atom stereocenters. The van der Waals surface area contributed by atoms with E-state index in [0.29, 0.717) is 32.5 Å². The number of morpholine rings is 1. The van der Waals surface area contributed by atoms with Crippen LogP contribution in [0.4, 0.5) is 11.4 Å². The first-order valence-electron chi connectivity index (χ1n) is 29.3. The minimum atomic E-state index is -4.69. The Kier molecular flexibility index (Phi) is 37.7. The Hall–Kier alpha value is -0.307. The topological polar surface area (TPSA) is 200 Å². The molecular weight excluding hydrogens is 1260 g/mol. The van der Waals surface area contributed by atoms with Gasteiger partial charge in [0.05, 0.1) is 88.9 Å². The van der Waals surface area contributed by atoms with Gasteiger partial charge in [0.2, 0.25) is 17.5 Å². The molecule has 2 N–H and O–H groups in total. The second-order valence-corrected chi connectivity index (χ2v) is 26.3. The third-order valence-corrected chi connectivity index (χ3v) is 17.5. The molecule has 454 valence electrons. The van der Waals surface area contributed by atoms with E-state index in [0.717, 1.165) is 209 Å². The number of ether oxygens (including phenoxy) is 1. The van der Waals surface area contributed by atoms with E-state index < -0.39 is 20.9 Å². The van der Waals surface area contributed by atoms with Crippen LogP contribution >= 0.6 is 12.0 Å². The van der Waals surface area contributed by atoms with Crippen LogP contribution in [0.3, 0.4) is 0 Å². The molecule has 0 spiro atoms. The predicted molar refractivity (Wildman–Crippen MR) is 316 cm³/mol. The van der Waals surface area contributed by atoms with Crippen LogP contribution in [0.25, 0.3) is 0 Å². The van der Waals surface area contributed by atoms with Crippen molar-refractivity contribution in [2.24, 2.45) is 9.98 Å². The zero-order chi connectivity index (χ0) is 58.2. The van der Waals surface area contributed by atoms with E-state index in [1.54, 1.807) is 6.07 Å². The average Bonchev–Trinajstić information content (AvgIpc) is 4.04. The summed E-state index contributed by atoms with van der Waals surface area (Å²) in [6.07, 6.45) is 19.5. The summed E-state index contributed by atoms with van der Waals surface area (Å²) in [5.74, 6) is 0.141. The van der Waals surface area contributed by atoms with E-state index in [1.807, 2.05) is 32.3 Å². The van der Waals surface area contributed by atoms with E-state index in [1.165, 1.54) is 18.6 Å². The Morgan fingerprint density at radius 2 is 1.47 bits per heavy atom. The number of carbonyl (C=O) groups is 2. The van der Waals surface area contributed by atoms with Gasteiger partial charge >= 0.3 is 103 Å². The number of benzene rings is 2. The monoisotopic (exact) mass is 1360 g/mol. The van der Waals surface area contributed by atoms with Crippen molar-refractivity contribution in [3.63, 3.8) is 0 Å². The maximum atomic E-state index is 13.0. The van der Waals surface area contributed by atoms with E-state index in [-0.39, 0.29) is 143 Å². The SMILES string of the molecule is CN(C)CCCNC(=O)CCCCC[N+]1=C(/C=C/C=C2\N(CCCCCC(=O)NCCC[N+](C)(C)CCCCCCN=C=NCCC[N+]3(C)CCOCC3)c3ccc(S(=O)(=O)[O-])cc3C2(C)C)C(C)(C)c2cc(SOO[O-])ccc21.[I-].[K+].[K+]. The van der Waals surface area contributed by atoms with Crippen molar-refractivity contribution < 1.29 is 182 Å². The fourth-order valence-electron chi connectivity index (χ4n) is 11.2. The van der Waals surface area contributed by atoms with Gasteiger partial charge in [-0.3, -0.25) is 14.6 Å². The number of amides is 2. The summed E-state index contributed by atoms with van der Waals surface area (Å²) < 4.78 is 51.3. The Morgan fingerprint density at radius 3 is 2.13 bits per heavy atom. The summed E-state index contributed by atoms with van der Waals surface area (Å²) in [5.41, 5.74) is 4.67. The van der Waals surface area contributed by atoms with Crippen molar-refractivity contribution in [3.8, 4) is 0 Å². The minimum Gasteiger partial charge on any atom is -1.00 e. The number of allylic oxidation sites excluding steroid dienone is 4. The van der Waals surface area contributed by atoms with Crippen LogP contribution in [-0.4, -0.2) is 182 Å². The number of hydrogen-bond donors (Lipinski definition) is 2. The molecule has 0 saturated carbocycles. The van der Waals surface area contributed by atoms with Crippen molar-refractivity contribution in [3.05, 3.63) is 71.5 Å². The first-order valence-corrected chi connectivity index (χ1v) is 31.4. The molecule has 3 aliphatic rings. The third-order valence-electron chi connectivity index (χ3n) is 16.1. The largest absolute Gasteiger partial charge is 1.00 e. The summed E-state index contributed by atoms with van der Waals surface area (Å²) in [7, 11) is 6.19. The van der Waals surface area contributed by atoms with E-state index >= 15 is 0 Å². The van der Waals surface area contributed by atoms with Crippen LogP contribution in [0.15, 0.2) is 80.1 Å². The second-order valence-electron chi connectivity index (χ2n) is 24.1. The molecule has 2 amide bonds. The van der Waals surface area contributed by atoms with E-state index in [4.69, 9.17) is 4.74 Å². The number of anilines is 1. The first-order chi connectivity index (χ1) is 38.1. The molecular formula is C60H96IK2N9O9S2+2. The molecule has 2 aromatic carbocycles. The van der Waals surface area contributed by atoms with Crippen LogP contribution in [-0.2, 0) is 44.6 Å². The predicted octanol–water partition coefficient (Wildman–Crippen LogP) is -1.18. The maximum absolute atomic E-state index is 13.0. The van der Waals surface area contributed by atoms with Crippen molar-refractivity contribution in [2.45, 2.75) is 145 Å². The van der Waals surface area contributed by atoms with Crippen LogP contribution < -0.4 is 148 Å². The number of carbonyl (C=O) groups excluding carboxylic acids is 2. The molecule has 1 saturated heterocycles. The molecule has 83 heavy (non-hydrogen) atoms. The molecule has 3 heterocycles. The van der Waals surface area contributed by atoms with Gasteiger partial charge < -0.3 is 67.9 Å². The zero-order valence-electron chi connectivity index (χ0n) is 52.2. The normalized spacial score (nSPS) is 16.4. The molecule has 2 aromatic rings. The van der Waals surface area contributed by atoms with Gasteiger partial charge in [-0.1, -0.05) is 32.8 Å². The van der Waals surface area contributed by atoms with Crippen molar-refractivity contribution >= 4 is 57.1 Å². The number of unbranched alkanes of at least 4 members (excludes halogenated alkanes) is 7. The summed E-state index contributed by atoms with van der Waals surface area (Å²) in [4.78, 5) is 39.1. The number of nitrogens with one attached hydrogen (secondary N) is 2. The number of likely N-dealkylation sites (N-methyl/N-ethyl adjacent to an activating group) is 1. The number of fused-ring (bicyclic) bond motifs is 2. The van der Waals surface area contributed by atoms with Gasteiger partial charge in [0.15, 0.2) is 5.71 Å². The fraction of sp³-hybridized carbons (Fsp3) is 0.667. The summed E-state index contributed by atoms with van der Waals surface area (Å²) in [5, 5.41) is 20.5. The van der Waals surface area contributed by atoms with Gasteiger partial charge in [-0.15, -0.1) is 0 Å². The van der Waals surface area contributed by atoms with Gasteiger partial charge in [0.25, 0.3) is 0 Å². The van der Waals surface area contributed by atoms with Crippen LogP contribution in [0.1, 0.15) is 135 Å². The molecule has 0 atom stereocenters. The molecule has 0 aliphatic carbocycles. The minimum absolute atomic E-state index is 0. The molecule has 23 heteroatoms. The number of aliphatic imine (C=N–C) groups is 2. The number of hydrogen-bond acceptors (Lipinski definition) is 14. The van der Waals surface area contributed by atoms with Gasteiger partial charge in [0, 0.05) is 97.7 Å². The quantitative estimate of drug-likeness (QED) is 0.00786. The molecule has 3 aliphatic heterocycles. The van der Waals surface area contributed by atoms with Crippen molar-refractivity contribution in [2.75, 3.05) is 132 Å². The Balaban J connectivity index is 0.00000784. The first kappa shape index (κ1) is 78.8. The van der Waals surface area contributed by atoms with Gasteiger partial charge in [0.1, 0.15) is 29.8 Å². The van der Waals surface area contributed by atoms with E-state index in [2.05, 4.69) is 117 Å². The fourth-order valence-corrected chi connectivity index (χ4v) is 12.1. The molecule has 1 fully saturated rings. The van der Waals surface area contributed by atoms with Gasteiger partial charge in [-0.05, 0) is 128 Å². The zero-order valence-corrected chi connectivity index (χ0v) is 62.2. The molecule has 0 bridgehead atoms. The Labute approximate surface area is 604 Å². The summed E-state index contributed by atoms with van der Waals surface area (Å²) in [6, 6.07) is 13.5. The summed E-state index contributed by atoms with van der Waals surface area (Å²) >= 11 is 0.859.